The molecule has 5 heteroatoms. The molecular weight excluding hydrogens is 171 g/mol. The first kappa shape index (κ1) is 12.1. The van der Waals surface area contributed by atoms with Crippen molar-refractivity contribution in [3.63, 3.8) is 0 Å². The maximum absolute atomic E-state index is 4.82. The molecule has 1 radical (unpaired) electrons. The Bertz CT molecular complexity index is 131. The van der Waals surface area contributed by atoms with E-state index in [1.165, 1.54) is 20.2 Å². The molecule has 0 saturated carbocycles. The summed E-state index contributed by atoms with van der Waals surface area (Å²) >= 11 is 0. The lowest BCUT2D eigenvalue weighted by Gasteiger charge is -1.95. The maximum atomic E-state index is 4.82. The fourth-order valence-electron chi connectivity index (χ4n) is 0.478. The van der Waals surface area contributed by atoms with E-state index in [1.54, 1.807) is 26.4 Å². The first-order valence-electron chi connectivity index (χ1n) is 3.82. The number of ether oxygens (including phenoxy) is 2. The molecular formula is C8H14BO4. The molecule has 0 aliphatic rings. The van der Waals surface area contributed by atoms with E-state index < -0.39 is 0 Å². The van der Waals surface area contributed by atoms with Crippen molar-refractivity contribution in [1.29, 1.82) is 0 Å². The van der Waals surface area contributed by atoms with E-state index in [2.05, 4.69) is 0 Å². The summed E-state index contributed by atoms with van der Waals surface area (Å²) in [6, 6.07) is 0. The van der Waals surface area contributed by atoms with Gasteiger partial charge in [-0.1, -0.05) is 0 Å². The number of methoxy groups -OCH3 is 2. The van der Waals surface area contributed by atoms with E-state index >= 15 is 0 Å². The molecule has 0 amide bonds. The highest BCUT2D eigenvalue weighted by molar-refractivity contribution is 6.18. The normalized spacial score (nSPS) is 10.9. The molecule has 0 N–H and O–H groups in total. The van der Waals surface area contributed by atoms with Gasteiger partial charge in [0.1, 0.15) is 0 Å². The van der Waals surface area contributed by atoms with E-state index in [9.17, 15) is 0 Å². The van der Waals surface area contributed by atoms with E-state index in [4.69, 9.17) is 18.8 Å². The molecule has 0 spiro atoms. The summed E-state index contributed by atoms with van der Waals surface area (Å²) in [7, 11) is 4.43. The fourth-order valence-corrected chi connectivity index (χ4v) is 0.478. The summed E-state index contributed by atoms with van der Waals surface area (Å²) in [5.74, 6) is 0. The lowest BCUT2D eigenvalue weighted by molar-refractivity contribution is 0.230. The summed E-state index contributed by atoms with van der Waals surface area (Å²) in [6.07, 6.45) is 6.40. The second kappa shape index (κ2) is 11.1. The topological polar surface area (TPSA) is 36.9 Å². The first-order chi connectivity index (χ1) is 6.41. The Labute approximate surface area is 79.4 Å². The van der Waals surface area contributed by atoms with Crippen molar-refractivity contribution in [2.45, 2.75) is 0 Å². The molecule has 0 fully saturated rings. The van der Waals surface area contributed by atoms with Gasteiger partial charge >= 0.3 is 7.69 Å². The van der Waals surface area contributed by atoms with Gasteiger partial charge in [0.15, 0.2) is 0 Å². The average Bonchev–Trinajstić information content (AvgIpc) is 2.16. The summed E-state index contributed by atoms with van der Waals surface area (Å²) < 4.78 is 19.1. The van der Waals surface area contributed by atoms with Crippen LogP contribution < -0.4 is 0 Å². The largest absolute Gasteiger partial charge is 0.657 e. The molecule has 0 rings (SSSR count). The third-order valence-electron chi connectivity index (χ3n) is 0.986. The fraction of sp³-hybridized carbons (Fsp3) is 0.500. The van der Waals surface area contributed by atoms with Crippen LogP contribution in [-0.2, 0) is 18.8 Å². The molecule has 0 aromatic rings. The predicted octanol–water partition coefficient (Wildman–Crippen LogP) is 0.874. The minimum Gasteiger partial charge on any atom is -0.533 e. The van der Waals surface area contributed by atoms with Crippen LogP contribution in [-0.4, -0.2) is 35.1 Å². The number of hydrogen-bond donors (Lipinski definition) is 0. The molecule has 4 nitrogen and oxygen atoms in total. The van der Waals surface area contributed by atoms with Crippen molar-refractivity contribution in [2.24, 2.45) is 0 Å². The molecule has 0 aromatic heterocycles. The van der Waals surface area contributed by atoms with E-state index in [-0.39, 0.29) is 0 Å². The minimum atomic E-state index is 0.521. The van der Waals surface area contributed by atoms with Crippen LogP contribution in [0, 0.1) is 0 Å². The van der Waals surface area contributed by atoms with Crippen LogP contribution in [0.25, 0.3) is 0 Å². The molecule has 13 heavy (non-hydrogen) atoms. The van der Waals surface area contributed by atoms with Gasteiger partial charge in [-0.05, 0) is 12.2 Å². The van der Waals surface area contributed by atoms with Gasteiger partial charge in [0, 0.05) is 14.2 Å². The van der Waals surface area contributed by atoms with Crippen molar-refractivity contribution in [2.75, 3.05) is 27.4 Å². The van der Waals surface area contributed by atoms with E-state index in [1.807, 2.05) is 0 Å². The van der Waals surface area contributed by atoms with Crippen LogP contribution in [0.2, 0.25) is 0 Å². The van der Waals surface area contributed by atoms with E-state index in [0.717, 1.165) is 0 Å². The Morgan fingerprint density at radius 3 is 1.77 bits per heavy atom. The SMILES string of the molecule is COCC=CO[B]OC=CCOC. The zero-order valence-corrected chi connectivity index (χ0v) is 7.93. The van der Waals surface area contributed by atoms with Gasteiger partial charge in [-0.3, -0.25) is 0 Å². The Hall–Kier alpha value is -0.935. The smallest absolute Gasteiger partial charge is 0.533 e. The Morgan fingerprint density at radius 1 is 0.923 bits per heavy atom. The maximum Gasteiger partial charge on any atom is 0.657 e. The van der Waals surface area contributed by atoms with Crippen molar-refractivity contribution >= 4 is 7.69 Å². The van der Waals surface area contributed by atoms with Gasteiger partial charge in [0.05, 0.1) is 25.7 Å². The molecule has 0 bridgehead atoms. The summed E-state index contributed by atoms with van der Waals surface area (Å²) in [5.41, 5.74) is 0. The monoisotopic (exact) mass is 185 g/mol. The third-order valence-corrected chi connectivity index (χ3v) is 0.986. The lowest BCUT2D eigenvalue weighted by atomic mass is 10.4. The van der Waals surface area contributed by atoms with Crippen molar-refractivity contribution in [3.05, 3.63) is 24.7 Å². The van der Waals surface area contributed by atoms with Gasteiger partial charge in [-0.2, -0.15) is 0 Å². The molecule has 0 aliphatic heterocycles. The molecule has 0 unspecified atom stereocenters. The van der Waals surface area contributed by atoms with Crippen LogP contribution in [0.15, 0.2) is 24.7 Å². The highest BCUT2D eigenvalue weighted by atomic mass is 16.6. The Morgan fingerprint density at radius 2 is 1.38 bits per heavy atom. The zero-order valence-electron chi connectivity index (χ0n) is 7.93. The average molecular weight is 185 g/mol. The standard InChI is InChI=1S/C8H14BO4/c1-10-5-3-7-12-9-13-8-4-6-11-2/h3-4,7-8H,5-6H2,1-2H3. The zero-order chi connectivity index (χ0) is 9.78. The highest BCUT2D eigenvalue weighted by Gasteiger charge is 1.87. The van der Waals surface area contributed by atoms with Gasteiger partial charge in [-0.15, -0.1) is 0 Å². The van der Waals surface area contributed by atoms with Gasteiger partial charge < -0.3 is 18.8 Å². The summed E-state index contributed by atoms with van der Waals surface area (Å²) in [4.78, 5) is 0. The summed E-state index contributed by atoms with van der Waals surface area (Å²) in [5, 5.41) is 0. The first-order valence-corrected chi connectivity index (χ1v) is 3.82. The van der Waals surface area contributed by atoms with Crippen LogP contribution in [0.3, 0.4) is 0 Å². The van der Waals surface area contributed by atoms with Gasteiger partial charge in [-0.25, -0.2) is 0 Å². The quantitative estimate of drug-likeness (QED) is 0.319. The second-order valence-corrected chi connectivity index (χ2v) is 2.02. The van der Waals surface area contributed by atoms with Crippen molar-refractivity contribution in [3.8, 4) is 0 Å². The van der Waals surface area contributed by atoms with Gasteiger partial charge in [0.2, 0.25) is 0 Å². The molecule has 0 atom stereocenters. The van der Waals surface area contributed by atoms with E-state index in [0.29, 0.717) is 13.2 Å². The molecule has 73 valence electrons. The molecule has 0 saturated heterocycles. The lowest BCUT2D eigenvalue weighted by Crippen LogP contribution is -1.95. The second-order valence-electron chi connectivity index (χ2n) is 2.02. The minimum absolute atomic E-state index is 0.521. The number of rotatable bonds is 8. The molecule has 0 aliphatic carbocycles. The third kappa shape index (κ3) is 11.1. The summed E-state index contributed by atoms with van der Waals surface area (Å²) in [6.45, 7) is 1.04. The Balaban J connectivity index is 3.07. The van der Waals surface area contributed by atoms with Crippen molar-refractivity contribution in [1.82, 2.24) is 0 Å². The predicted molar refractivity (Wildman–Crippen MR) is 50.0 cm³/mol. The Kier molecular flexibility index (Phi) is 10.3. The molecule has 0 aromatic carbocycles. The van der Waals surface area contributed by atoms with Crippen LogP contribution in [0.5, 0.6) is 0 Å². The van der Waals surface area contributed by atoms with Gasteiger partial charge in [0.25, 0.3) is 0 Å². The van der Waals surface area contributed by atoms with Crippen LogP contribution in [0.4, 0.5) is 0 Å². The number of hydrogen-bond acceptors (Lipinski definition) is 4. The van der Waals surface area contributed by atoms with Crippen molar-refractivity contribution < 1.29 is 18.8 Å². The van der Waals surface area contributed by atoms with Crippen LogP contribution >= 0.6 is 0 Å². The highest BCUT2D eigenvalue weighted by Crippen LogP contribution is 1.81. The van der Waals surface area contributed by atoms with Crippen LogP contribution in [0.1, 0.15) is 0 Å². The molecule has 0 heterocycles.